The normalized spacial score (nSPS) is 18.5. The Hall–Kier alpha value is -2.66. The van der Waals surface area contributed by atoms with E-state index in [0.29, 0.717) is 5.92 Å². The minimum absolute atomic E-state index is 0.474. The van der Waals surface area contributed by atoms with Crippen LogP contribution in [-0.2, 0) is 13.6 Å². The first-order chi connectivity index (χ1) is 12.3. The van der Waals surface area contributed by atoms with Crippen molar-refractivity contribution in [2.24, 2.45) is 7.05 Å². The zero-order valence-corrected chi connectivity index (χ0v) is 14.3. The van der Waals surface area contributed by atoms with Crippen LogP contribution in [0.1, 0.15) is 24.0 Å². The van der Waals surface area contributed by atoms with Crippen molar-refractivity contribution in [3.05, 3.63) is 60.2 Å². The molecule has 0 radical (unpaired) electrons. The number of likely N-dealkylation sites (tertiary alicyclic amines) is 1. The highest BCUT2D eigenvalue weighted by atomic mass is 15.2. The summed E-state index contributed by atoms with van der Waals surface area (Å²) in [5.74, 6) is 2.72. The number of aryl methyl sites for hydroxylation is 1. The largest absolute Gasteiger partial charge is 0.342 e. The summed E-state index contributed by atoms with van der Waals surface area (Å²) in [6.07, 6.45) is 1.14. The van der Waals surface area contributed by atoms with E-state index in [9.17, 15) is 0 Å². The van der Waals surface area contributed by atoms with Gasteiger partial charge in [0, 0.05) is 19.5 Å². The van der Waals surface area contributed by atoms with Gasteiger partial charge in [0.25, 0.3) is 0 Å². The zero-order valence-electron chi connectivity index (χ0n) is 14.3. The molecule has 2 aromatic carbocycles. The topological polar surface area (TPSA) is 49.7 Å². The third-order valence-corrected chi connectivity index (χ3v) is 5.31. The molecule has 25 heavy (non-hydrogen) atoms. The highest BCUT2D eigenvalue weighted by Gasteiger charge is 2.27. The van der Waals surface area contributed by atoms with Crippen molar-refractivity contribution in [1.29, 1.82) is 0 Å². The van der Waals surface area contributed by atoms with Gasteiger partial charge in [0.2, 0.25) is 0 Å². The molecule has 1 fully saturated rings. The highest BCUT2D eigenvalue weighted by molar-refractivity contribution is 5.76. The molecule has 1 aliphatic heterocycles. The Balaban J connectivity index is 1.35. The van der Waals surface area contributed by atoms with Crippen LogP contribution in [0.15, 0.2) is 48.5 Å². The Labute approximate surface area is 146 Å². The average Bonchev–Trinajstić information content (AvgIpc) is 3.33. The lowest BCUT2D eigenvalue weighted by atomic mass is 10.1. The van der Waals surface area contributed by atoms with E-state index < -0.39 is 0 Å². The fraction of sp³-hybridized carbons (Fsp3) is 0.300. The van der Waals surface area contributed by atoms with Gasteiger partial charge in [0.1, 0.15) is 11.6 Å². The number of fused-ring (bicyclic) bond motifs is 2. The summed E-state index contributed by atoms with van der Waals surface area (Å²) >= 11 is 0. The summed E-state index contributed by atoms with van der Waals surface area (Å²) in [6, 6.07) is 16.6. The van der Waals surface area contributed by atoms with Crippen LogP contribution < -0.4 is 0 Å². The molecule has 4 aromatic rings. The number of H-pyrrole nitrogens is 1. The molecule has 1 saturated heterocycles. The van der Waals surface area contributed by atoms with Gasteiger partial charge in [-0.15, -0.1) is 0 Å². The van der Waals surface area contributed by atoms with Crippen molar-refractivity contribution in [3.8, 4) is 0 Å². The van der Waals surface area contributed by atoms with Gasteiger partial charge in [0.15, 0.2) is 0 Å². The van der Waals surface area contributed by atoms with Crippen molar-refractivity contribution in [2.45, 2.75) is 18.9 Å². The van der Waals surface area contributed by atoms with E-state index in [1.54, 1.807) is 0 Å². The molecule has 5 heteroatoms. The number of nitrogens with zero attached hydrogens (tertiary/aromatic N) is 4. The second-order valence-electron chi connectivity index (χ2n) is 6.94. The van der Waals surface area contributed by atoms with Gasteiger partial charge >= 0.3 is 0 Å². The monoisotopic (exact) mass is 331 g/mol. The number of hydrogen-bond donors (Lipinski definition) is 1. The van der Waals surface area contributed by atoms with E-state index in [2.05, 4.69) is 57.9 Å². The first-order valence-corrected chi connectivity index (χ1v) is 8.85. The first kappa shape index (κ1) is 14.7. The highest BCUT2D eigenvalue weighted by Crippen LogP contribution is 2.28. The maximum Gasteiger partial charge on any atom is 0.123 e. The van der Waals surface area contributed by atoms with Crippen LogP contribution in [0.5, 0.6) is 0 Å². The maximum absolute atomic E-state index is 4.81. The fourth-order valence-electron chi connectivity index (χ4n) is 3.90. The maximum atomic E-state index is 4.81. The molecule has 0 saturated carbocycles. The van der Waals surface area contributed by atoms with Crippen LogP contribution >= 0.6 is 0 Å². The fourth-order valence-corrected chi connectivity index (χ4v) is 3.90. The molecule has 5 nitrogen and oxygen atoms in total. The number of aromatic amines is 1. The number of benzene rings is 2. The molecule has 126 valence electrons. The molecule has 1 N–H and O–H groups in total. The SMILES string of the molecule is Cn1c(CN2CC[C@H](c3nc4ccccc4[nH]3)C2)nc2ccccc21. The number of aromatic nitrogens is 4. The van der Waals surface area contributed by atoms with Crippen LogP contribution in [0.4, 0.5) is 0 Å². The standard InChI is InChI=1S/C20H21N5/c1-24-18-9-5-4-8-17(18)21-19(24)13-25-11-10-14(12-25)20-22-15-6-2-3-7-16(15)23-20/h2-9,14H,10-13H2,1H3,(H,22,23)/t14-/m0/s1. The smallest absolute Gasteiger partial charge is 0.123 e. The quantitative estimate of drug-likeness (QED) is 0.626. The van der Waals surface area contributed by atoms with Crippen molar-refractivity contribution >= 4 is 22.1 Å². The third-order valence-electron chi connectivity index (χ3n) is 5.31. The van der Waals surface area contributed by atoms with Crippen molar-refractivity contribution in [1.82, 2.24) is 24.4 Å². The molecule has 0 aliphatic carbocycles. The Bertz CT molecular complexity index is 1010. The Morgan fingerprint density at radius 1 is 1.04 bits per heavy atom. The Kier molecular flexibility index (Phi) is 3.35. The van der Waals surface area contributed by atoms with E-state index in [0.717, 1.165) is 54.3 Å². The molecule has 2 aromatic heterocycles. The summed E-state index contributed by atoms with van der Waals surface area (Å²) < 4.78 is 2.21. The van der Waals surface area contributed by atoms with E-state index in [1.807, 2.05) is 12.1 Å². The second-order valence-corrected chi connectivity index (χ2v) is 6.94. The second kappa shape index (κ2) is 5.70. The molecule has 1 aliphatic rings. The molecule has 5 rings (SSSR count). The van der Waals surface area contributed by atoms with Gasteiger partial charge in [-0.1, -0.05) is 24.3 Å². The summed E-state index contributed by atoms with van der Waals surface area (Å²) in [7, 11) is 2.11. The lowest BCUT2D eigenvalue weighted by molar-refractivity contribution is 0.314. The number of rotatable bonds is 3. The minimum Gasteiger partial charge on any atom is -0.342 e. The van der Waals surface area contributed by atoms with Gasteiger partial charge in [-0.25, -0.2) is 9.97 Å². The van der Waals surface area contributed by atoms with E-state index in [1.165, 1.54) is 5.52 Å². The Morgan fingerprint density at radius 3 is 2.68 bits per heavy atom. The molecule has 0 unspecified atom stereocenters. The molecular formula is C20H21N5. The summed E-state index contributed by atoms with van der Waals surface area (Å²) in [5.41, 5.74) is 4.47. The molecule has 0 bridgehead atoms. The van der Waals surface area contributed by atoms with Gasteiger partial charge in [-0.3, -0.25) is 4.90 Å². The summed E-state index contributed by atoms with van der Waals surface area (Å²) in [6.45, 7) is 3.01. The molecule has 1 atom stereocenters. The van der Waals surface area contributed by atoms with E-state index in [4.69, 9.17) is 9.97 Å². The van der Waals surface area contributed by atoms with Gasteiger partial charge < -0.3 is 9.55 Å². The van der Waals surface area contributed by atoms with Crippen LogP contribution in [0.3, 0.4) is 0 Å². The van der Waals surface area contributed by atoms with Crippen LogP contribution in [0.2, 0.25) is 0 Å². The lowest BCUT2D eigenvalue weighted by Crippen LogP contribution is -2.22. The predicted molar refractivity (Wildman–Crippen MR) is 99.4 cm³/mol. The van der Waals surface area contributed by atoms with Crippen LogP contribution in [0, 0.1) is 0 Å². The van der Waals surface area contributed by atoms with E-state index >= 15 is 0 Å². The number of nitrogens with one attached hydrogen (secondary N) is 1. The van der Waals surface area contributed by atoms with Crippen molar-refractivity contribution in [2.75, 3.05) is 13.1 Å². The third kappa shape index (κ3) is 2.51. The number of para-hydroxylation sites is 4. The van der Waals surface area contributed by atoms with Crippen molar-refractivity contribution < 1.29 is 0 Å². The minimum atomic E-state index is 0.474. The van der Waals surface area contributed by atoms with E-state index in [-0.39, 0.29) is 0 Å². The number of imidazole rings is 2. The summed E-state index contributed by atoms with van der Waals surface area (Å²) in [4.78, 5) is 15.6. The Morgan fingerprint density at radius 2 is 1.84 bits per heavy atom. The molecule has 0 spiro atoms. The predicted octanol–water partition coefficient (Wildman–Crippen LogP) is 3.44. The molecular weight excluding hydrogens is 310 g/mol. The lowest BCUT2D eigenvalue weighted by Gasteiger charge is -2.15. The molecule has 0 amide bonds. The number of hydrogen-bond acceptors (Lipinski definition) is 3. The summed E-state index contributed by atoms with van der Waals surface area (Å²) in [5, 5.41) is 0. The zero-order chi connectivity index (χ0) is 16.8. The van der Waals surface area contributed by atoms with Crippen LogP contribution in [0.25, 0.3) is 22.1 Å². The average molecular weight is 331 g/mol. The van der Waals surface area contributed by atoms with Crippen LogP contribution in [-0.4, -0.2) is 37.5 Å². The molecule has 3 heterocycles. The van der Waals surface area contributed by atoms with Gasteiger partial charge in [-0.2, -0.15) is 0 Å². The van der Waals surface area contributed by atoms with Gasteiger partial charge in [-0.05, 0) is 37.2 Å². The first-order valence-electron chi connectivity index (χ1n) is 8.85. The van der Waals surface area contributed by atoms with Crippen molar-refractivity contribution in [3.63, 3.8) is 0 Å². The van der Waals surface area contributed by atoms with Gasteiger partial charge in [0.05, 0.1) is 28.6 Å².